The molecule has 0 fully saturated rings. The van der Waals surface area contributed by atoms with Gasteiger partial charge in [0.05, 0.1) is 5.52 Å². The van der Waals surface area contributed by atoms with Crippen LogP contribution in [0.25, 0.3) is 10.9 Å². The van der Waals surface area contributed by atoms with Crippen molar-refractivity contribution < 1.29 is 0 Å². The van der Waals surface area contributed by atoms with E-state index in [0.29, 0.717) is 11.3 Å². The van der Waals surface area contributed by atoms with E-state index < -0.39 is 0 Å². The van der Waals surface area contributed by atoms with Gasteiger partial charge in [0, 0.05) is 5.39 Å². The third kappa shape index (κ3) is 0.791. The standard InChI is InChI=1S/C7H6BN3/c8-4-2-1-3-5-6(4)7(9)11-10-5/h1-3H,(H3,9,10,11). The van der Waals surface area contributed by atoms with Gasteiger partial charge >= 0.3 is 0 Å². The molecule has 3 N–H and O–H groups in total. The van der Waals surface area contributed by atoms with Crippen molar-refractivity contribution >= 4 is 30.0 Å². The van der Waals surface area contributed by atoms with Gasteiger partial charge in [0.2, 0.25) is 0 Å². The first kappa shape index (κ1) is 6.28. The Morgan fingerprint density at radius 2 is 2.27 bits per heavy atom. The summed E-state index contributed by atoms with van der Waals surface area (Å²) >= 11 is 0. The molecule has 52 valence electrons. The van der Waals surface area contributed by atoms with Crippen LogP contribution in [0.4, 0.5) is 5.82 Å². The molecule has 11 heavy (non-hydrogen) atoms. The second kappa shape index (κ2) is 2.02. The van der Waals surface area contributed by atoms with Gasteiger partial charge < -0.3 is 5.73 Å². The zero-order valence-corrected chi connectivity index (χ0v) is 5.83. The van der Waals surface area contributed by atoms with E-state index in [1.165, 1.54) is 0 Å². The van der Waals surface area contributed by atoms with Crippen molar-refractivity contribution in [2.24, 2.45) is 0 Å². The van der Waals surface area contributed by atoms with Crippen molar-refractivity contribution in [3.8, 4) is 0 Å². The molecule has 0 aliphatic heterocycles. The number of H-pyrrole nitrogens is 1. The van der Waals surface area contributed by atoms with Gasteiger partial charge in [0.1, 0.15) is 7.85 Å². The number of fused-ring (bicyclic) bond motifs is 1. The Morgan fingerprint density at radius 3 is 3.00 bits per heavy atom. The molecule has 1 aromatic heterocycles. The fourth-order valence-corrected chi connectivity index (χ4v) is 1.13. The number of nitrogen functional groups attached to an aromatic ring is 1. The van der Waals surface area contributed by atoms with E-state index in [0.717, 1.165) is 10.9 Å². The first-order valence-electron chi connectivity index (χ1n) is 3.27. The van der Waals surface area contributed by atoms with Crippen LogP contribution in [0.3, 0.4) is 0 Å². The van der Waals surface area contributed by atoms with E-state index in [9.17, 15) is 0 Å². The maximum Gasteiger partial charge on any atom is 0.152 e. The van der Waals surface area contributed by atoms with Crippen LogP contribution in [0.1, 0.15) is 0 Å². The SMILES string of the molecule is [B]c1cccc2[nH]nc(N)c12. The highest BCUT2D eigenvalue weighted by Crippen LogP contribution is 2.13. The average Bonchev–Trinajstić information content (AvgIpc) is 2.34. The first-order chi connectivity index (χ1) is 5.29. The molecule has 2 radical (unpaired) electrons. The monoisotopic (exact) mass is 143 g/mol. The Balaban J connectivity index is 2.96. The molecule has 0 amide bonds. The Hall–Kier alpha value is -1.45. The van der Waals surface area contributed by atoms with Crippen LogP contribution < -0.4 is 11.2 Å². The summed E-state index contributed by atoms with van der Waals surface area (Å²) in [5.74, 6) is 0.457. The van der Waals surface area contributed by atoms with Crippen molar-refractivity contribution in [1.82, 2.24) is 10.2 Å². The number of hydrogen-bond acceptors (Lipinski definition) is 2. The lowest BCUT2D eigenvalue weighted by Gasteiger charge is -1.93. The topological polar surface area (TPSA) is 54.7 Å². The molecule has 2 aromatic rings. The van der Waals surface area contributed by atoms with Crippen LogP contribution in [0.5, 0.6) is 0 Å². The van der Waals surface area contributed by atoms with E-state index in [4.69, 9.17) is 13.6 Å². The quantitative estimate of drug-likeness (QED) is 0.507. The van der Waals surface area contributed by atoms with Gasteiger partial charge in [0.15, 0.2) is 5.82 Å². The minimum absolute atomic E-state index is 0.457. The number of nitrogens with zero attached hydrogens (tertiary/aromatic N) is 1. The van der Waals surface area contributed by atoms with Gasteiger partial charge in [-0.2, -0.15) is 5.10 Å². The van der Waals surface area contributed by atoms with Crippen molar-refractivity contribution in [3.63, 3.8) is 0 Å². The summed E-state index contributed by atoms with van der Waals surface area (Å²) in [5, 5.41) is 7.42. The van der Waals surface area contributed by atoms with Crippen LogP contribution in [-0.2, 0) is 0 Å². The summed E-state index contributed by atoms with van der Waals surface area (Å²) in [6.07, 6.45) is 0. The molecular formula is C7H6BN3. The molecule has 2 rings (SSSR count). The number of aromatic amines is 1. The molecule has 1 heterocycles. The third-order valence-corrected chi connectivity index (χ3v) is 1.65. The molecule has 0 aliphatic carbocycles. The van der Waals surface area contributed by atoms with Gasteiger partial charge in [-0.3, -0.25) is 5.10 Å². The Kier molecular flexibility index (Phi) is 1.15. The molecule has 0 saturated carbocycles. The lowest BCUT2D eigenvalue weighted by atomic mass is 9.92. The summed E-state index contributed by atoms with van der Waals surface area (Å²) in [7, 11) is 5.66. The predicted molar refractivity (Wildman–Crippen MR) is 45.9 cm³/mol. The van der Waals surface area contributed by atoms with Crippen LogP contribution in [0.15, 0.2) is 18.2 Å². The smallest absolute Gasteiger partial charge is 0.152 e. The third-order valence-electron chi connectivity index (χ3n) is 1.65. The fourth-order valence-electron chi connectivity index (χ4n) is 1.13. The molecule has 0 spiro atoms. The predicted octanol–water partition coefficient (Wildman–Crippen LogP) is -0.0611. The molecule has 0 bridgehead atoms. The van der Waals surface area contributed by atoms with Crippen LogP contribution in [0.2, 0.25) is 0 Å². The summed E-state index contributed by atoms with van der Waals surface area (Å²) in [5.41, 5.74) is 7.09. The van der Waals surface area contributed by atoms with E-state index in [1.54, 1.807) is 6.07 Å². The van der Waals surface area contributed by atoms with E-state index in [-0.39, 0.29) is 0 Å². The lowest BCUT2D eigenvalue weighted by molar-refractivity contribution is 1.13. The van der Waals surface area contributed by atoms with Crippen molar-refractivity contribution in [2.45, 2.75) is 0 Å². The van der Waals surface area contributed by atoms with E-state index >= 15 is 0 Å². The maximum absolute atomic E-state index is 5.66. The summed E-state index contributed by atoms with van der Waals surface area (Å²) < 4.78 is 0. The molecule has 1 aromatic carbocycles. The number of anilines is 1. The molecule has 3 nitrogen and oxygen atoms in total. The van der Waals surface area contributed by atoms with Crippen LogP contribution >= 0.6 is 0 Å². The number of rotatable bonds is 0. The normalized spacial score (nSPS) is 10.5. The average molecular weight is 143 g/mol. The zero-order valence-electron chi connectivity index (χ0n) is 5.83. The molecule has 0 saturated heterocycles. The fraction of sp³-hybridized carbons (Fsp3) is 0. The molecule has 4 heteroatoms. The number of nitrogens with one attached hydrogen (secondary N) is 1. The number of nitrogens with two attached hydrogens (primary N) is 1. The Labute approximate surface area is 65.0 Å². The second-order valence-electron chi connectivity index (χ2n) is 2.38. The molecule has 0 atom stereocenters. The Morgan fingerprint density at radius 1 is 1.45 bits per heavy atom. The highest BCUT2D eigenvalue weighted by atomic mass is 15.1. The summed E-state index contributed by atoms with van der Waals surface area (Å²) in [6, 6.07) is 5.54. The minimum Gasteiger partial charge on any atom is -0.382 e. The van der Waals surface area contributed by atoms with Gasteiger partial charge in [-0.1, -0.05) is 17.6 Å². The summed E-state index contributed by atoms with van der Waals surface area (Å²) in [6.45, 7) is 0. The largest absolute Gasteiger partial charge is 0.382 e. The van der Waals surface area contributed by atoms with E-state index in [1.807, 2.05) is 12.1 Å². The number of aromatic nitrogens is 2. The maximum atomic E-state index is 5.66. The number of hydrogen-bond donors (Lipinski definition) is 2. The Bertz CT molecular complexity index is 393. The van der Waals surface area contributed by atoms with Crippen molar-refractivity contribution in [2.75, 3.05) is 5.73 Å². The van der Waals surface area contributed by atoms with Gasteiger partial charge in [-0.05, 0) is 6.07 Å². The highest BCUT2D eigenvalue weighted by Gasteiger charge is 2.01. The zero-order chi connectivity index (χ0) is 7.84. The molecule has 0 aliphatic rings. The minimum atomic E-state index is 0.457. The second-order valence-corrected chi connectivity index (χ2v) is 2.38. The van der Waals surface area contributed by atoms with Gasteiger partial charge in [-0.25, -0.2) is 0 Å². The summed E-state index contributed by atoms with van der Waals surface area (Å²) in [4.78, 5) is 0. The van der Waals surface area contributed by atoms with Crippen molar-refractivity contribution in [1.29, 1.82) is 0 Å². The highest BCUT2D eigenvalue weighted by molar-refractivity contribution is 6.39. The van der Waals surface area contributed by atoms with Crippen LogP contribution in [0, 0.1) is 0 Å². The molecule has 0 unspecified atom stereocenters. The van der Waals surface area contributed by atoms with Gasteiger partial charge in [-0.15, -0.1) is 0 Å². The van der Waals surface area contributed by atoms with Gasteiger partial charge in [0.25, 0.3) is 0 Å². The number of benzene rings is 1. The van der Waals surface area contributed by atoms with Crippen LogP contribution in [-0.4, -0.2) is 18.0 Å². The molecular weight excluding hydrogens is 137 g/mol. The lowest BCUT2D eigenvalue weighted by Crippen LogP contribution is -2.03. The van der Waals surface area contributed by atoms with Crippen molar-refractivity contribution in [3.05, 3.63) is 18.2 Å². The first-order valence-corrected chi connectivity index (χ1v) is 3.27. The van der Waals surface area contributed by atoms with E-state index in [2.05, 4.69) is 10.2 Å².